The summed E-state index contributed by atoms with van der Waals surface area (Å²) in [6.07, 6.45) is 0. The van der Waals surface area contributed by atoms with Crippen LogP contribution in [0.1, 0.15) is 24.1 Å². The van der Waals surface area contributed by atoms with Gasteiger partial charge in [-0.2, -0.15) is 0 Å². The minimum atomic E-state index is -0.524. The molecule has 0 fully saturated rings. The first-order valence-corrected chi connectivity index (χ1v) is 6.97. The van der Waals surface area contributed by atoms with Gasteiger partial charge >= 0.3 is 0 Å². The molecule has 0 amide bonds. The van der Waals surface area contributed by atoms with E-state index in [2.05, 4.69) is 5.32 Å². The second kappa shape index (κ2) is 6.87. The molecular formula is C16H16ClF2NO. The summed E-state index contributed by atoms with van der Waals surface area (Å²) < 4.78 is 32.9. The van der Waals surface area contributed by atoms with Gasteiger partial charge in [0.05, 0.1) is 18.2 Å². The third-order valence-electron chi connectivity index (χ3n) is 3.22. The largest absolute Gasteiger partial charge is 0.497 e. The summed E-state index contributed by atoms with van der Waals surface area (Å²) in [4.78, 5) is 0. The first-order chi connectivity index (χ1) is 10.1. The van der Waals surface area contributed by atoms with Crippen LogP contribution in [0.3, 0.4) is 0 Å². The van der Waals surface area contributed by atoms with E-state index in [-0.39, 0.29) is 5.02 Å². The number of benzene rings is 2. The maximum absolute atomic E-state index is 14.3. The summed E-state index contributed by atoms with van der Waals surface area (Å²) in [6, 6.07) is 8.57. The van der Waals surface area contributed by atoms with Crippen molar-refractivity contribution in [2.75, 3.05) is 13.7 Å². The van der Waals surface area contributed by atoms with E-state index < -0.39 is 17.7 Å². The van der Waals surface area contributed by atoms with Crippen LogP contribution in [0.5, 0.6) is 5.75 Å². The highest BCUT2D eigenvalue weighted by Crippen LogP contribution is 2.32. The van der Waals surface area contributed by atoms with Crippen molar-refractivity contribution in [2.45, 2.75) is 13.0 Å². The Morgan fingerprint density at radius 3 is 2.52 bits per heavy atom. The predicted molar refractivity (Wildman–Crippen MR) is 79.9 cm³/mol. The Hall–Kier alpha value is -1.65. The minimum Gasteiger partial charge on any atom is -0.497 e. The lowest BCUT2D eigenvalue weighted by Gasteiger charge is -2.21. The number of hydrogen-bond acceptors (Lipinski definition) is 2. The first kappa shape index (κ1) is 15.7. The van der Waals surface area contributed by atoms with Crippen LogP contribution in [0.2, 0.25) is 5.02 Å². The third kappa shape index (κ3) is 3.34. The third-order valence-corrected chi connectivity index (χ3v) is 3.62. The first-order valence-electron chi connectivity index (χ1n) is 6.59. The van der Waals surface area contributed by atoms with E-state index in [0.29, 0.717) is 23.4 Å². The van der Waals surface area contributed by atoms with Crippen LogP contribution in [0, 0.1) is 11.6 Å². The Morgan fingerprint density at radius 1 is 1.14 bits per heavy atom. The molecule has 0 aliphatic carbocycles. The van der Waals surface area contributed by atoms with Crippen LogP contribution < -0.4 is 10.1 Å². The van der Waals surface area contributed by atoms with E-state index in [9.17, 15) is 8.78 Å². The topological polar surface area (TPSA) is 21.3 Å². The molecule has 2 aromatic rings. The highest BCUT2D eigenvalue weighted by Gasteiger charge is 2.21. The molecule has 21 heavy (non-hydrogen) atoms. The molecule has 0 bridgehead atoms. The molecule has 2 aromatic carbocycles. The Morgan fingerprint density at radius 2 is 1.90 bits per heavy atom. The van der Waals surface area contributed by atoms with Crippen molar-refractivity contribution in [1.82, 2.24) is 5.32 Å². The predicted octanol–water partition coefficient (Wildman–Crippen LogP) is 4.33. The number of nitrogens with one attached hydrogen (secondary N) is 1. The molecule has 5 heteroatoms. The van der Waals surface area contributed by atoms with Gasteiger partial charge in [0, 0.05) is 11.6 Å². The molecular weight excluding hydrogens is 296 g/mol. The van der Waals surface area contributed by atoms with E-state index in [1.54, 1.807) is 24.3 Å². The van der Waals surface area contributed by atoms with Crippen molar-refractivity contribution in [3.63, 3.8) is 0 Å². The lowest BCUT2D eigenvalue weighted by molar-refractivity contribution is 0.410. The van der Waals surface area contributed by atoms with Crippen LogP contribution in [0.15, 0.2) is 36.4 Å². The van der Waals surface area contributed by atoms with E-state index in [4.69, 9.17) is 16.3 Å². The van der Waals surface area contributed by atoms with Crippen molar-refractivity contribution in [2.24, 2.45) is 0 Å². The molecule has 1 N–H and O–H groups in total. The summed E-state index contributed by atoms with van der Waals surface area (Å²) in [5.74, 6) is -0.525. The van der Waals surface area contributed by atoms with Gasteiger partial charge in [0.2, 0.25) is 0 Å². The van der Waals surface area contributed by atoms with Gasteiger partial charge in [-0.25, -0.2) is 8.78 Å². The average molecular weight is 312 g/mol. The summed E-state index contributed by atoms with van der Waals surface area (Å²) in [5.41, 5.74) is 0.896. The van der Waals surface area contributed by atoms with Crippen molar-refractivity contribution < 1.29 is 13.5 Å². The zero-order chi connectivity index (χ0) is 15.4. The summed E-state index contributed by atoms with van der Waals surface area (Å²) >= 11 is 6.02. The van der Waals surface area contributed by atoms with Crippen LogP contribution in [-0.2, 0) is 0 Å². The standard InChI is InChI=1S/C16H16ClF2NO/c1-3-20-16(12-5-4-6-13(18)15(12)17)11-8-7-10(21-2)9-14(11)19/h4-9,16,20H,3H2,1-2H3. The number of rotatable bonds is 5. The van der Waals surface area contributed by atoms with E-state index >= 15 is 0 Å². The summed E-state index contributed by atoms with van der Waals surface area (Å²) in [6.45, 7) is 2.48. The fraction of sp³-hybridized carbons (Fsp3) is 0.250. The fourth-order valence-electron chi connectivity index (χ4n) is 2.20. The van der Waals surface area contributed by atoms with Gasteiger partial charge in [-0.15, -0.1) is 0 Å². The van der Waals surface area contributed by atoms with E-state index in [1.165, 1.54) is 19.2 Å². The van der Waals surface area contributed by atoms with Gasteiger partial charge in [0.1, 0.15) is 17.4 Å². The Kier molecular flexibility index (Phi) is 5.15. The lowest BCUT2D eigenvalue weighted by atomic mass is 9.97. The Bertz CT molecular complexity index is 634. The molecule has 0 spiro atoms. The minimum absolute atomic E-state index is 0.00123. The lowest BCUT2D eigenvalue weighted by Crippen LogP contribution is -2.23. The average Bonchev–Trinajstić information content (AvgIpc) is 2.48. The van der Waals surface area contributed by atoms with Crippen LogP contribution in [0.4, 0.5) is 8.78 Å². The molecule has 0 saturated heterocycles. The zero-order valence-corrected chi connectivity index (χ0v) is 12.5. The number of halogens is 3. The zero-order valence-electron chi connectivity index (χ0n) is 11.8. The van der Waals surface area contributed by atoms with Gasteiger partial charge in [-0.3, -0.25) is 0 Å². The normalized spacial score (nSPS) is 12.2. The number of methoxy groups -OCH3 is 1. The molecule has 1 atom stereocenters. The van der Waals surface area contributed by atoms with Gasteiger partial charge < -0.3 is 10.1 Å². The Balaban J connectivity index is 2.51. The molecule has 2 rings (SSSR count). The maximum atomic E-state index is 14.3. The molecule has 0 saturated carbocycles. The van der Waals surface area contributed by atoms with Crippen molar-refractivity contribution in [3.05, 3.63) is 64.2 Å². The van der Waals surface area contributed by atoms with Gasteiger partial charge in [-0.05, 0) is 24.2 Å². The van der Waals surface area contributed by atoms with E-state index in [0.717, 1.165) is 0 Å². The fourth-order valence-corrected chi connectivity index (χ4v) is 2.44. The summed E-state index contributed by atoms with van der Waals surface area (Å²) in [5, 5.41) is 3.13. The molecule has 0 aliphatic rings. The maximum Gasteiger partial charge on any atom is 0.142 e. The molecule has 0 heterocycles. The molecule has 0 radical (unpaired) electrons. The second-order valence-corrected chi connectivity index (χ2v) is 4.90. The van der Waals surface area contributed by atoms with Crippen LogP contribution in [-0.4, -0.2) is 13.7 Å². The monoisotopic (exact) mass is 311 g/mol. The van der Waals surface area contributed by atoms with Crippen LogP contribution in [0.25, 0.3) is 0 Å². The smallest absolute Gasteiger partial charge is 0.142 e. The molecule has 1 unspecified atom stereocenters. The van der Waals surface area contributed by atoms with Crippen molar-refractivity contribution in [3.8, 4) is 5.75 Å². The second-order valence-electron chi connectivity index (χ2n) is 4.52. The highest BCUT2D eigenvalue weighted by molar-refractivity contribution is 6.31. The van der Waals surface area contributed by atoms with Crippen molar-refractivity contribution >= 4 is 11.6 Å². The SMILES string of the molecule is CCNC(c1ccc(OC)cc1F)c1cccc(F)c1Cl. The summed E-state index contributed by atoms with van der Waals surface area (Å²) in [7, 11) is 1.47. The Labute approximate surface area is 127 Å². The van der Waals surface area contributed by atoms with E-state index in [1.807, 2.05) is 6.92 Å². The highest BCUT2D eigenvalue weighted by atomic mass is 35.5. The number of hydrogen-bond donors (Lipinski definition) is 1. The quantitative estimate of drug-likeness (QED) is 0.887. The molecule has 0 aromatic heterocycles. The van der Waals surface area contributed by atoms with Crippen LogP contribution >= 0.6 is 11.6 Å². The van der Waals surface area contributed by atoms with Gasteiger partial charge in [0.25, 0.3) is 0 Å². The van der Waals surface area contributed by atoms with Gasteiger partial charge in [-0.1, -0.05) is 36.7 Å². The molecule has 2 nitrogen and oxygen atoms in total. The molecule has 0 aliphatic heterocycles. The number of ether oxygens (including phenoxy) is 1. The molecule has 112 valence electrons. The van der Waals surface area contributed by atoms with Gasteiger partial charge in [0.15, 0.2) is 0 Å². The van der Waals surface area contributed by atoms with Crippen molar-refractivity contribution in [1.29, 1.82) is 0 Å².